The van der Waals surface area contributed by atoms with Gasteiger partial charge in [0.15, 0.2) is 0 Å². The van der Waals surface area contributed by atoms with Crippen molar-refractivity contribution < 1.29 is 0 Å². The van der Waals surface area contributed by atoms with Crippen molar-refractivity contribution in [2.24, 2.45) is 0 Å². The second-order valence-electron chi connectivity index (χ2n) is 5.08. The standard InChI is InChI=1S/C16H16N4/c1-10(2)16-19-14(9-15(17)20-16)13-8-7-11-5-3-4-6-12(11)18-13/h3-10H,1-2H3,(H2,17,19,20). The first-order valence-electron chi connectivity index (χ1n) is 6.64. The van der Waals surface area contributed by atoms with Crippen LogP contribution in [0, 0.1) is 0 Å². The second kappa shape index (κ2) is 4.89. The number of nitrogen functional groups attached to an aromatic ring is 1. The molecule has 0 aliphatic heterocycles. The third-order valence-electron chi connectivity index (χ3n) is 3.14. The Balaban J connectivity index is 2.15. The summed E-state index contributed by atoms with van der Waals surface area (Å²) in [4.78, 5) is 13.5. The molecule has 20 heavy (non-hydrogen) atoms. The Morgan fingerprint density at radius 1 is 0.900 bits per heavy atom. The van der Waals surface area contributed by atoms with Crippen LogP contribution >= 0.6 is 0 Å². The molecule has 0 fully saturated rings. The highest BCUT2D eigenvalue weighted by atomic mass is 15.0. The molecular weight excluding hydrogens is 248 g/mol. The van der Waals surface area contributed by atoms with Gasteiger partial charge in [0.1, 0.15) is 11.6 Å². The first kappa shape index (κ1) is 12.5. The minimum absolute atomic E-state index is 0.234. The zero-order valence-corrected chi connectivity index (χ0v) is 11.5. The van der Waals surface area contributed by atoms with Crippen LogP contribution in [0.4, 0.5) is 5.82 Å². The van der Waals surface area contributed by atoms with Gasteiger partial charge in [-0.2, -0.15) is 0 Å². The van der Waals surface area contributed by atoms with E-state index in [1.807, 2.05) is 50.2 Å². The molecule has 0 unspecified atom stereocenters. The van der Waals surface area contributed by atoms with E-state index in [0.717, 1.165) is 28.1 Å². The van der Waals surface area contributed by atoms with Gasteiger partial charge in [0.05, 0.1) is 16.9 Å². The maximum absolute atomic E-state index is 5.87. The number of fused-ring (bicyclic) bond motifs is 1. The number of para-hydroxylation sites is 1. The minimum atomic E-state index is 0.234. The molecule has 3 aromatic rings. The molecule has 2 N–H and O–H groups in total. The highest BCUT2D eigenvalue weighted by Gasteiger charge is 2.09. The van der Waals surface area contributed by atoms with Gasteiger partial charge in [0, 0.05) is 17.4 Å². The molecule has 0 saturated carbocycles. The Bertz CT molecular complexity index is 765. The van der Waals surface area contributed by atoms with Crippen molar-refractivity contribution in [1.29, 1.82) is 0 Å². The summed E-state index contributed by atoms with van der Waals surface area (Å²) < 4.78 is 0. The third-order valence-corrected chi connectivity index (χ3v) is 3.14. The van der Waals surface area contributed by atoms with Crippen molar-refractivity contribution in [3.8, 4) is 11.4 Å². The lowest BCUT2D eigenvalue weighted by Crippen LogP contribution is -2.03. The van der Waals surface area contributed by atoms with Crippen molar-refractivity contribution in [2.45, 2.75) is 19.8 Å². The number of nitrogens with two attached hydrogens (primary N) is 1. The average molecular weight is 264 g/mol. The number of nitrogens with zero attached hydrogens (tertiary/aromatic N) is 3. The van der Waals surface area contributed by atoms with Gasteiger partial charge < -0.3 is 5.73 Å². The Morgan fingerprint density at radius 2 is 1.70 bits per heavy atom. The van der Waals surface area contributed by atoms with Gasteiger partial charge in [-0.15, -0.1) is 0 Å². The molecule has 0 saturated heterocycles. The molecule has 0 aliphatic rings. The van der Waals surface area contributed by atoms with Crippen LogP contribution in [0.3, 0.4) is 0 Å². The third kappa shape index (κ3) is 2.32. The summed E-state index contributed by atoms with van der Waals surface area (Å²) in [5, 5.41) is 1.11. The van der Waals surface area contributed by atoms with Gasteiger partial charge in [-0.3, -0.25) is 0 Å². The van der Waals surface area contributed by atoms with E-state index in [-0.39, 0.29) is 5.92 Å². The van der Waals surface area contributed by atoms with Crippen molar-refractivity contribution in [3.05, 3.63) is 48.3 Å². The van der Waals surface area contributed by atoms with E-state index in [1.165, 1.54) is 0 Å². The maximum Gasteiger partial charge on any atom is 0.134 e. The van der Waals surface area contributed by atoms with Gasteiger partial charge in [0.2, 0.25) is 0 Å². The highest BCUT2D eigenvalue weighted by Crippen LogP contribution is 2.22. The first-order valence-corrected chi connectivity index (χ1v) is 6.64. The predicted molar refractivity (Wildman–Crippen MR) is 81.3 cm³/mol. The average Bonchev–Trinajstić information content (AvgIpc) is 2.46. The molecule has 0 radical (unpaired) electrons. The van der Waals surface area contributed by atoms with E-state index in [2.05, 4.69) is 15.0 Å². The number of aromatic nitrogens is 3. The number of hydrogen-bond acceptors (Lipinski definition) is 4. The summed E-state index contributed by atoms with van der Waals surface area (Å²) in [7, 11) is 0. The van der Waals surface area contributed by atoms with Crippen LogP contribution in [-0.2, 0) is 0 Å². The molecule has 4 nitrogen and oxygen atoms in total. The summed E-state index contributed by atoms with van der Waals surface area (Å²) in [6, 6.07) is 13.8. The zero-order valence-electron chi connectivity index (χ0n) is 11.5. The van der Waals surface area contributed by atoms with Gasteiger partial charge in [-0.1, -0.05) is 38.1 Å². The summed E-state index contributed by atoms with van der Waals surface area (Å²) in [6.07, 6.45) is 0. The van der Waals surface area contributed by atoms with Crippen LogP contribution in [0.25, 0.3) is 22.3 Å². The van der Waals surface area contributed by atoms with Crippen molar-refractivity contribution in [1.82, 2.24) is 15.0 Å². The fraction of sp³-hybridized carbons (Fsp3) is 0.188. The number of hydrogen-bond donors (Lipinski definition) is 1. The van der Waals surface area contributed by atoms with Crippen LogP contribution in [0.15, 0.2) is 42.5 Å². The van der Waals surface area contributed by atoms with E-state index >= 15 is 0 Å². The van der Waals surface area contributed by atoms with Crippen molar-refractivity contribution >= 4 is 16.7 Å². The largest absolute Gasteiger partial charge is 0.384 e. The minimum Gasteiger partial charge on any atom is -0.384 e. The molecule has 2 heterocycles. The quantitative estimate of drug-likeness (QED) is 0.770. The number of anilines is 1. The lowest BCUT2D eigenvalue weighted by atomic mass is 10.1. The van der Waals surface area contributed by atoms with Crippen LogP contribution in [-0.4, -0.2) is 15.0 Å². The first-order chi connectivity index (χ1) is 9.63. The van der Waals surface area contributed by atoms with E-state index in [0.29, 0.717) is 5.82 Å². The molecule has 4 heteroatoms. The number of benzene rings is 1. The summed E-state index contributed by atoms with van der Waals surface area (Å²) >= 11 is 0. The lowest BCUT2D eigenvalue weighted by Gasteiger charge is -2.08. The normalized spacial score (nSPS) is 11.2. The van der Waals surface area contributed by atoms with Crippen LogP contribution in [0.5, 0.6) is 0 Å². The Labute approximate surface area is 117 Å². The zero-order chi connectivity index (χ0) is 14.1. The van der Waals surface area contributed by atoms with Crippen LogP contribution in [0.1, 0.15) is 25.6 Å². The molecule has 0 atom stereocenters. The van der Waals surface area contributed by atoms with Crippen molar-refractivity contribution in [3.63, 3.8) is 0 Å². The van der Waals surface area contributed by atoms with Gasteiger partial charge in [-0.25, -0.2) is 15.0 Å². The second-order valence-corrected chi connectivity index (χ2v) is 5.08. The fourth-order valence-electron chi connectivity index (χ4n) is 2.08. The molecule has 100 valence electrons. The smallest absolute Gasteiger partial charge is 0.134 e. The monoisotopic (exact) mass is 264 g/mol. The Hall–Kier alpha value is -2.49. The van der Waals surface area contributed by atoms with E-state index < -0.39 is 0 Å². The predicted octanol–water partition coefficient (Wildman–Crippen LogP) is 3.40. The van der Waals surface area contributed by atoms with Gasteiger partial charge in [0.25, 0.3) is 0 Å². The molecule has 2 aromatic heterocycles. The summed E-state index contributed by atoms with van der Waals surface area (Å²) in [5.74, 6) is 1.46. The van der Waals surface area contributed by atoms with E-state index in [9.17, 15) is 0 Å². The lowest BCUT2D eigenvalue weighted by molar-refractivity contribution is 0.778. The van der Waals surface area contributed by atoms with E-state index in [4.69, 9.17) is 5.73 Å². The summed E-state index contributed by atoms with van der Waals surface area (Å²) in [5.41, 5.74) is 8.41. The highest BCUT2D eigenvalue weighted by molar-refractivity contribution is 5.81. The van der Waals surface area contributed by atoms with E-state index in [1.54, 1.807) is 6.07 Å². The van der Waals surface area contributed by atoms with Crippen LogP contribution in [0.2, 0.25) is 0 Å². The Morgan fingerprint density at radius 3 is 2.50 bits per heavy atom. The molecular formula is C16H16N4. The summed E-state index contributed by atoms with van der Waals surface area (Å²) in [6.45, 7) is 4.10. The topological polar surface area (TPSA) is 64.7 Å². The Kier molecular flexibility index (Phi) is 3.06. The van der Waals surface area contributed by atoms with Gasteiger partial charge >= 0.3 is 0 Å². The SMILES string of the molecule is CC(C)c1nc(N)cc(-c2ccc3ccccc3n2)n1. The number of pyridine rings is 1. The molecule has 0 bridgehead atoms. The van der Waals surface area contributed by atoms with Crippen molar-refractivity contribution in [2.75, 3.05) is 5.73 Å². The number of rotatable bonds is 2. The fourth-order valence-corrected chi connectivity index (χ4v) is 2.08. The molecule has 0 spiro atoms. The molecule has 0 aliphatic carbocycles. The molecule has 1 aromatic carbocycles. The molecule has 0 amide bonds. The molecule has 3 rings (SSSR count). The van der Waals surface area contributed by atoms with Gasteiger partial charge in [-0.05, 0) is 12.1 Å². The van der Waals surface area contributed by atoms with Crippen LogP contribution < -0.4 is 5.73 Å². The maximum atomic E-state index is 5.87.